The molecule has 21 heteroatoms. The number of carbonyl (C=O) groups is 2. The lowest BCUT2D eigenvalue weighted by molar-refractivity contribution is 0.0889. The number of aryl methyl sites for hydroxylation is 2. The van der Waals surface area contributed by atoms with Crippen LogP contribution in [0.4, 0.5) is 8.78 Å². The van der Waals surface area contributed by atoms with Crippen molar-refractivity contribution >= 4 is 62.7 Å². The van der Waals surface area contributed by atoms with Crippen molar-refractivity contribution < 1.29 is 18.4 Å². The maximum absolute atomic E-state index is 13.8. The summed E-state index contributed by atoms with van der Waals surface area (Å²) in [5.74, 6) is -0.687. The number of amides is 2. The average Bonchev–Trinajstić information content (AvgIpc) is 1.62. The van der Waals surface area contributed by atoms with Gasteiger partial charge in [0.05, 0.1) is 51.8 Å². The highest BCUT2D eigenvalue weighted by molar-refractivity contribution is 6.31. The molecule has 0 aliphatic carbocycles. The van der Waals surface area contributed by atoms with Gasteiger partial charge in [0, 0.05) is 183 Å². The van der Waals surface area contributed by atoms with Crippen molar-refractivity contribution in [3.05, 3.63) is 319 Å². The Balaban J connectivity index is 0.000000123. The minimum absolute atomic E-state index is 0.0966. The Bertz CT molecular complexity index is 5970. The lowest BCUT2D eigenvalue weighted by atomic mass is 9.98. The van der Waals surface area contributed by atoms with Crippen molar-refractivity contribution in [3.63, 3.8) is 0 Å². The number of imidazole rings is 2. The second-order valence-electron chi connectivity index (χ2n) is 29.4. The lowest BCUT2D eigenvalue weighted by Gasteiger charge is -2.34. The molecule has 0 spiro atoms. The highest BCUT2D eigenvalue weighted by atomic mass is 35.5. The first-order chi connectivity index (χ1) is 55.9. The minimum atomic E-state index is -0.239. The first kappa shape index (κ1) is 77.8. The molecule has 0 saturated carbocycles. The molecule has 2 saturated heterocycles. The van der Waals surface area contributed by atoms with Crippen LogP contribution in [0.3, 0.4) is 0 Å². The van der Waals surface area contributed by atoms with Crippen LogP contribution in [0.25, 0.3) is 117 Å². The summed E-state index contributed by atoms with van der Waals surface area (Å²) < 4.78 is 33.3. The molecule has 2 fully saturated rings. The second-order valence-corrected chi connectivity index (χ2v) is 30.3. The standard InChI is InChI=1S/2C28H30FN5O.C20H13ClN2.C18H12ClN3/c1-18(2)33-13-10-22(11-14-33)32-28(35)25-16-31-26-9-7-21(17-34(25)26)23-5-4-12-30-27(23)20-6-8-24(29)19(3)15-20;1-18(2)33-12-9-22(10-13-33)32-28(35)24-17-31-34-14-8-20(16-26(24)34)23-5-4-11-30-27(23)21-6-7-25(29)19(3)15-21;21-17-6-1-4-16(13-17)20-18(7-3-11-23-20)14-8-9-19-15(12-14)5-2-10-22-19;19-15-4-1-3-13(11-15)18-16(5-2-8-21-18)14-6-7-17-20-9-10-22(17)12-14/h4-9,12,15-18,22H,10-11,13-14H2,1-3H3,(H,32,35);4-8,11,14-18,22H,9-10,12-13H2,1-3H3,(H,32,35);1-13H;1-12H. The molecule has 0 atom stereocenters. The normalized spacial score (nSPS) is 13.5. The van der Waals surface area contributed by atoms with E-state index in [0.29, 0.717) is 50.2 Å². The van der Waals surface area contributed by atoms with Gasteiger partial charge >= 0.3 is 0 Å². The monoisotopic (exact) mass is 1560 g/mol. The quantitative estimate of drug-likeness (QED) is 0.105. The van der Waals surface area contributed by atoms with E-state index in [2.05, 4.69) is 131 Å². The van der Waals surface area contributed by atoms with E-state index < -0.39 is 0 Å². The molecule has 5 aromatic carbocycles. The number of rotatable bonds is 14. The number of fused-ring (bicyclic) bond motifs is 4. The Hall–Kier alpha value is -12.5. The van der Waals surface area contributed by atoms with Gasteiger partial charge in [0.25, 0.3) is 11.8 Å². The molecule has 0 radical (unpaired) electrons. The van der Waals surface area contributed by atoms with Crippen LogP contribution in [0, 0.1) is 25.5 Å². The summed E-state index contributed by atoms with van der Waals surface area (Å²) in [5, 5.41) is 13.3. The fraction of sp³-hybridized carbons (Fsp3) is 0.191. The van der Waals surface area contributed by atoms with E-state index in [1.165, 1.54) is 12.1 Å². The number of hydrogen-bond acceptors (Lipinski definition) is 12. The molecule has 16 aromatic rings. The van der Waals surface area contributed by atoms with Crippen LogP contribution in [-0.4, -0.2) is 125 Å². The van der Waals surface area contributed by atoms with Crippen molar-refractivity contribution in [2.75, 3.05) is 26.2 Å². The number of nitrogens with one attached hydrogen (secondary N) is 2. The molecule has 0 unspecified atom stereocenters. The molecular weight excluding hydrogens is 1480 g/mol. The summed E-state index contributed by atoms with van der Waals surface area (Å²) in [7, 11) is 0. The average molecular weight is 1570 g/mol. The third-order valence-corrected chi connectivity index (χ3v) is 21.7. The third kappa shape index (κ3) is 18.0. The molecule has 2 amide bonds. The molecule has 115 heavy (non-hydrogen) atoms. The number of benzene rings is 5. The first-order valence-corrected chi connectivity index (χ1v) is 39.4. The van der Waals surface area contributed by atoms with Crippen LogP contribution in [0.15, 0.2) is 275 Å². The molecule has 11 aromatic heterocycles. The summed E-state index contributed by atoms with van der Waals surface area (Å²) in [6.45, 7) is 16.3. The van der Waals surface area contributed by atoms with Crippen LogP contribution >= 0.6 is 23.2 Å². The van der Waals surface area contributed by atoms with Crippen molar-refractivity contribution in [2.24, 2.45) is 0 Å². The van der Waals surface area contributed by atoms with Crippen molar-refractivity contribution in [3.8, 4) is 89.5 Å². The highest BCUT2D eigenvalue weighted by Gasteiger charge is 2.27. The Kier molecular flexibility index (Phi) is 23.8. The van der Waals surface area contributed by atoms with Gasteiger partial charge in [-0.25, -0.2) is 23.3 Å². The van der Waals surface area contributed by atoms with Gasteiger partial charge in [0.2, 0.25) is 0 Å². The zero-order valence-corrected chi connectivity index (χ0v) is 66.1. The maximum atomic E-state index is 13.8. The molecule has 2 N–H and O–H groups in total. The number of nitrogens with zero attached hydrogens (tertiary/aromatic N) is 13. The van der Waals surface area contributed by atoms with Gasteiger partial charge in [0.1, 0.15) is 28.6 Å². The summed E-state index contributed by atoms with van der Waals surface area (Å²) in [6.07, 6.45) is 25.5. The van der Waals surface area contributed by atoms with E-state index in [4.69, 9.17) is 23.2 Å². The lowest BCUT2D eigenvalue weighted by Crippen LogP contribution is -2.46. The van der Waals surface area contributed by atoms with Gasteiger partial charge in [-0.05, 0) is 229 Å². The summed E-state index contributed by atoms with van der Waals surface area (Å²) in [4.78, 5) is 62.6. The van der Waals surface area contributed by atoms with Crippen molar-refractivity contribution in [2.45, 2.75) is 91.4 Å². The zero-order valence-electron chi connectivity index (χ0n) is 64.6. The minimum Gasteiger partial charge on any atom is -0.349 e. The highest BCUT2D eigenvalue weighted by Crippen LogP contribution is 2.37. The van der Waals surface area contributed by atoms with Crippen molar-refractivity contribution in [1.82, 2.24) is 73.7 Å². The van der Waals surface area contributed by atoms with Crippen LogP contribution in [-0.2, 0) is 0 Å². The number of carbonyl (C=O) groups excluding carboxylic acids is 2. The zero-order chi connectivity index (χ0) is 79.6. The topological polar surface area (TPSA) is 181 Å². The number of pyridine rings is 8. The number of hydrogen-bond donors (Lipinski definition) is 2. The van der Waals surface area contributed by atoms with Gasteiger partial charge in [-0.3, -0.25) is 38.9 Å². The van der Waals surface area contributed by atoms with Gasteiger partial charge in [0.15, 0.2) is 0 Å². The first-order valence-electron chi connectivity index (χ1n) is 38.6. The molecule has 13 heterocycles. The molecular formula is C94H85Cl2F2N15O2. The van der Waals surface area contributed by atoms with Crippen LogP contribution in [0.5, 0.6) is 0 Å². The fourth-order valence-electron chi connectivity index (χ4n) is 14.9. The third-order valence-electron chi connectivity index (χ3n) is 21.2. The molecule has 17 nitrogen and oxygen atoms in total. The molecule has 576 valence electrons. The van der Waals surface area contributed by atoms with Crippen LogP contribution < -0.4 is 10.6 Å². The Morgan fingerprint density at radius 1 is 0.426 bits per heavy atom. The van der Waals surface area contributed by atoms with Gasteiger partial charge < -0.3 is 24.8 Å². The molecule has 2 aliphatic heterocycles. The van der Waals surface area contributed by atoms with Gasteiger partial charge in [-0.1, -0.05) is 83.9 Å². The maximum Gasteiger partial charge on any atom is 0.270 e. The number of likely N-dealkylation sites (tertiary alicyclic amines) is 2. The Morgan fingerprint density at radius 2 is 0.896 bits per heavy atom. The smallest absolute Gasteiger partial charge is 0.270 e. The SMILES string of the molecule is Cc1cc(-c2ncccc2-c2ccc3ncc(C(=O)NC4CCN(C(C)C)CC4)n3c2)ccc1F.Cc1cc(-c2ncccc2-c2ccn3ncc(C(=O)NC4CCN(C(C)C)CC4)c3c2)ccc1F.Clc1cccc(-c2ncccc2-c2ccc3ncccc3c2)c1.Clc1cccc(-c2ncccc2-c2ccc3nccn3c2)c1. The molecule has 18 rings (SSSR count). The van der Waals surface area contributed by atoms with E-state index in [-0.39, 0.29) is 35.5 Å². The van der Waals surface area contributed by atoms with E-state index in [9.17, 15) is 18.4 Å². The van der Waals surface area contributed by atoms with E-state index in [1.54, 1.807) is 73.7 Å². The predicted molar refractivity (Wildman–Crippen MR) is 456 cm³/mol. The summed E-state index contributed by atoms with van der Waals surface area (Å²) in [5.41, 5.74) is 20.7. The largest absolute Gasteiger partial charge is 0.349 e. The molecule has 2 aliphatic rings. The Labute approximate surface area is 676 Å². The van der Waals surface area contributed by atoms with E-state index >= 15 is 0 Å². The molecule has 0 bridgehead atoms. The summed E-state index contributed by atoms with van der Waals surface area (Å²) >= 11 is 12.3. The number of piperidine rings is 2. The second kappa shape index (κ2) is 35.3. The number of halogens is 4. The van der Waals surface area contributed by atoms with Gasteiger partial charge in [-0.15, -0.1) is 0 Å². The summed E-state index contributed by atoms with van der Waals surface area (Å²) in [6, 6.07) is 64.9. The van der Waals surface area contributed by atoms with E-state index in [0.717, 1.165) is 163 Å². The number of aromatic nitrogens is 11. The van der Waals surface area contributed by atoms with E-state index in [1.807, 2.05) is 173 Å². The van der Waals surface area contributed by atoms with Crippen LogP contribution in [0.1, 0.15) is 85.4 Å². The Morgan fingerprint density at radius 3 is 1.43 bits per heavy atom. The van der Waals surface area contributed by atoms with Crippen LogP contribution in [0.2, 0.25) is 10.0 Å². The predicted octanol–water partition coefficient (Wildman–Crippen LogP) is 20.6. The van der Waals surface area contributed by atoms with Gasteiger partial charge in [-0.2, -0.15) is 5.10 Å². The fourth-order valence-corrected chi connectivity index (χ4v) is 15.3. The van der Waals surface area contributed by atoms with Crippen molar-refractivity contribution in [1.29, 1.82) is 0 Å².